The number of fused-ring (bicyclic) bond motifs is 1. The number of ketones is 2. The van der Waals surface area contributed by atoms with Crippen molar-refractivity contribution in [3.05, 3.63) is 71.3 Å². The summed E-state index contributed by atoms with van der Waals surface area (Å²) in [6.45, 7) is 2.05. The van der Waals surface area contributed by atoms with Crippen molar-refractivity contribution in [2.24, 2.45) is 0 Å². The molecule has 3 heteroatoms. The van der Waals surface area contributed by atoms with E-state index in [4.69, 9.17) is 0 Å². The van der Waals surface area contributed by atoms with Crippen molar-refractivity contribution in [3.8, 4) is 0 Å². The molecule has 98 valence electrons. The van der Waals surface area contributed by atoms with E-state index in [1.165, 1.54) is 22.2 Å². The molecule has 1 aliphatic rings. The predicted octanol–water partition coefficient (Wildman–Crippen LogP) is 1.59. The Hall–Kier alpha value is -1.96. The van der Waals surface area contributed by atoms with Crippen LogP contribution in [0.5, 0.6) is 0 Å². The van der Waals surface area contributed by atoms with Crippen molar-refractivity contribution in [1.82, 2.24) is 0 Å². The molecule has 0 spiro atoms. The van der Waals surface area contributed by atoms with Crippen LogP contribution in [0.1, 0.15) is 26.3 Å². The predicted molar refractivity (Wildman–Crippen MR) is 80.4 cm³/mol. The Morgan fingerprint density at radius 1 is 0.850 bits per heavy atom. The minimum atomic E-state index is -0.0823. The van der Waals surface area contributed by atoms with Crippen molar-refractivity contribution in [2.45, 2.75) is 6.92 Å². The van der Waals surface area contributed by atoms with Crippen molar-refractivity contribution < 1.29 is 9.59 Å². The zero-order valence-electron chi connectivity index (χ0n) is 10.9. The van der Waals surface area contributed by atoms with Crippen molar-refractivity contribution in [1.29, 1.82) is 0 Å². The first-order valence-corrected chi connectivity index (χ1v) is 8.01. The van der Waals surface area contributed by atoms with Gasteiger partial charge in [0.25, 0.3) is 0 Å². The Morgan fingerprint density at radius 3 is 2.30 bits per heavy atom. The summed E-state index contributed by atoms with van der Waals surface area (Å²) < 4.78 is 2.17. The molecule has 0 atom stereocenters. The SMILES string of the molecule is Cc1ccc([Se]c2cccc3c2C(=O)C=CC3=O)cc1. The third-order valence-electron chi connectivity index (χ3n) is 3.17. The summed E-state index contributed by atoms with van der Waals surface area (Å²) in [6, 6.07) is 13.8. The van der Waals surface area contributed by atoms with E-state index >= 15 is 0 Å². The first kappa shape index (κ1) is 13.0. The van der Waals surface area contributed by atoms with Gasteiger partial charge in [-0.15, -0.1) is 0 Å². The first-order chi connectivity index (χ1) is 9.65. The van der Waals surface area contributed by atoms with Crippen molar-refractivity contribution >= 4 is 35.4 Å². The molecule has 0 N–H and O–H groups in total. The Labute approximate surface area is 123 Å². The molecule has 0 amide bonds. The van der Waals surface area contributed by atoms with Gasteiger partial charge < -0.3 is 0 Å². The second kappa shape index (κ2) is 5.20. The summed E-state index contributed by atoms with van der Waals surface area (Å²) >= 11 is 0.0279. The second-order valence-corrected chi connectivity index (χ2v) is 7.00. The molecule has 0 saturated heterocycles. The van der Waals surface area contributed by atoms with E-state index in [1.807, 2.05) is 19.1 Å². The molecule has 2 aromatic rings. The van der Waals surface area contributed by atoms with Gasteiger partial charge in [-0.2, -0.15) is 0 Å². The minimum absolute atomic E-state index is 0.0279. The van der Waals surface area contributed by atoms with Crippen LogP contribution in [0.25, 0.3) is 0 Å². The molecular weight excluding hydrogens is 315 g/mol. The molecule has 0 aliphatic heterocycles. The Bertz CT molecular complexity index is 727. The molecule has 2 aromatic carbocycles. The van der Waals surface area contributed by atoms with E-state index < -0.39 is 0 Å². The molecule has 1 aliphatic carbocycles. The molecule has 0 heterocycles. The third kappa shape index (κ3) is 2.38. The summed E-state index contributed by atoms with van der Waals surface area (Å²) in [5.41, 5.74) is 2.33. The monoisotopic (exact) mass is 328 g/mol. The van der Waals surface area contributed by atoms with E-state index in [9.17, 15) is 9.59 Å². The van der Waals surface area contributed by atoms with Gasteiger partial charge in [-0.25, -0.2) is 0 Å². The Balaban J connectivity index is 2.04. The second-order valence-electron chi connectivity index (χ2n) is 4.66. The standard InChI is InChI=1S/C17H12O2Se/c1-11-5-7-12(8-6-11)20-16-4-2-3-13-14(18)9-10-15(19)17(13)16/h2-10H,1H3. The topological polar surface area (TPSA) is 34.1 Å². The van der Waals surface area contributed by atoms with Crippen LogP contribution in [0.3, 0.4) is 0 Å². The maximum absolute atomic E-state index is 12.1. The van der Waals surface area contributed by atoms with Crippen LogP contribution >= 0.6 is 0 Å². The summed E-state index contributed by atoms with van der Waals surface area (Å²) in [7, 11) is 0. The van der Waals surface area contributed by atoms with Gasteiger partial charge in [-0.3, -0.25) is 0 Å². The number of allylic oxidation sites excluding steroid dienone is 2. The normalized spacial score (nSPS) is 13.4. The zero-order valence-corrected chi connectivity index (χ0v) is 12.6. The van der Waals surface area contributed by atoms with E-state index in [-0.39, 0.29) is 26.5 Å². The number of aryl methyl sites for hydroxylation is 1. The van der Waals surface area contributed by atoms with Crippen LogP contribution in [0.15, 0.2) is 54.6 Å². The average Bonchev–Trinajstić information content (AvgIpc) is 2.46. The van der Waals surface area contributed by atoms with Gasteiger partial charge in [0.2, 0.25) is 0 Å². The van der Waals surface area contributed by atoms with E-state index in [0.29, 0.717) is 11.1 Å². The van der Waals surface area contributed by atoms with E-state index in [2.05, 4.69) is 24.3 Å². The number of carbonyl (C=O) groups excluding carboxylic acids is 2. The fourth-order valence-electron chi connectivity index (χ4n) is 2.13. The summed E-state index contributed by atoms with van der Waals surface area (Å²) in [5, 5.41) is 0. The number of carbonyl (C=O) groups is 2. The quantitative estimate of drug-likeness (QED) is 0.785. The molecule has 0 bridgehead atoms. The van der Waals surface area contributed by atoms with Gasteiger partial charge in [0, 0.05) is 0 Å². The van der Waals surface area contributed by atoms with Crippen LogP contribution < -0.4 is 8.92 Å². The molecule has 0 radical (unpaired) electrons. The van der Waals surface area contributed by atoms with Crippen molar-refractivity contribution in [2.75, 3.05) is 0 Å². The first-order valence-electron chi connectivity index (χ1n) is 6.29. The Kier molecular flexibility index (Phi) is 3.39. The molecule has 3 rings (SSSR count). The Morgan fingerprint density at radius 2 is 1.55 bits per heavy atom. The molecule has 0 saturated carbocycles. The van der Waals surface area contributed by atoms with E-state index in [1.54, 1.807) is 6.07 Å². The molecule has 0 fully saturated rings. The van der Waals surface area contributed by atoms with Crippen molar-refractivity contribution in [3.63, 3.8) is 0 Å². The van der Waals surface area contributed by atoms with Crippen LogP contribution in [-0.2, 0) is 0 Å². The van der Waals surface area contributed by atoms with Crippen LogP contribution in [-0.4, -0.2) is 26.5 Å². The average molecular weight is 327 g/mol. The van der Waals surface area contributed by atoms with Crippen LogP contribution in [0.2, 0.25) is 0 Å². The molecule has 0 aromatic heterocycles. The summed E-state index contributed by atoms with van der Waals surface area (Å²) in [6.07, 6.45) is 2.73. The van der Waals surface area contributed by atoms with Gasteiger partial charge in [0.05, 0.1) is 0 Å². The zero-order chi connectivity index (χ0) is 14.1. The third-order valence-corrected chi connectivity index (χ3v) is 5.41. The molecule has 0 unspecified atom stereocenters. The number of hydrogen-bond donors (Lipinski definition) is 0. The van der Waals surface area contributed by atoms with Crippen LogP contribution in [0, 0.1) is 6.92 Å². The fraction of sp³-hybridized carbons (Fsp3) is 0.0588. The van der Waals surface area contributed by atoms with E-state index in [0.717, 1.165) is 4.46 Å². The fourth-order valence-corrected chi connectivity index (χ4v) is 4.20. The molecule has 20 heavy (non-hydrogen) atoms. The summed E-state index contributed by atoms with van der Waals surface area (Å²) in [4.78, 5) is 23.9. The number of rotatable bonds is 2. The van der Waals surface area contributed by atoms with Gasteiger partial charge in [-0.1, -0.05) is 0 Å². The van der Waals surface area contributed by atoms with Gasteiger partial charge in [0.15, 0.2) is 0 Å². The number of hydrogen-bond acceptors (Lipinski definition) is 2. The molecular formula is C17H12O2Se. The van der Waals surface area contributed by atoms with Gasteiger partial charge in [-0.05, 0) is 0 Å². The maximum atomic E-state index is 12.1. The summed E-state index contributed by atoms with van der Waals surface area (Å²) in [5.74, 6) is -0.148. The van der Waals surface area contributed by atoms with Gasteiger partial charge in [0.1, 0.15) is 0 Å². The number of benzene rings is 2. The van der Waals surface area contributed by atoms with Gasteiger partial charge >= 0.3 is 123 Å². The molecule has 2 nitrogen and oxygen atoms in total. The van der Waals surface area contributed by atoms with Crippen LogP contribution in [0.4, 0.5) is 0 Å².